The summed E-state index contributed by atoms with van der Waals surface area (Å²) in [6.45, 7) is 6.72. The molecular weight excluding hydrogens is 298 g/mol. The molecule has 1 amide bonds. The average molecular weight is 325 g/mol. The van der Waals surface area contributed by atoms with Crippen LogP contribution in [0.3, 0.4) is 0 Å². The molecule has 0 spiro atoms. The summed E-state index contributed by atoms with van der Waals surface area (Å²) in [5.41, 5.74) is 3.12. The number of carbonyl (C=O) groups is 1. The second-order valence-corrected chi connectivity index (χ2v) is 6.82. The molecule has 24 heavy (non-hydrogen) atoms. The van der Waals surface area contributed by atoms with Crippen molar-refractivity contribution in [1.82, 2.24) is 14.7 Å². The van der Waals surface area contributed by atoms with E-state index in [2.05, 4.69) is 42.4 Å². The van der Waals surface area contributed by atoms with E-state index in [1.807, 2.05) is 16.5 Å². The molecule has 1 aromatic heterocycles. The Bertz CT molecular complexity index is 677. The van der Waals surface area contributed by atoms with Crippen molar-refractivity contribution in [1.29, 1.82) is 0 Å². The van der Waals surface area contributed by atoms with Crippen molar-refractivity contribution in [2.45, 2.75) is 46.1 Å². The van der Waals surface area contributed by atoms with Crippen LogP contribution in [0, 0.1) is 12.8 Å². The highest BCUT2D eigenvalue weighted by Gasteiger charge is 2.26. The van der Waals surface area contributed by atoms with Crippen LogP contribution in [0.15, 0.2) is 36.5 Å². The largest absolute Gasteiger partial charge is 0.338 e. The lowest BCUT2D eigenvalue weighted by molar-refractivity contribution is 0.0672. The molecule has 4 heteroatoms. The molecule has 1 fully saturated rings. The number of aromatic nitrogens is 2. The van der Waals surface area contributed by atoms with Gasteiger partial charge in [0.1, 0.15) is 0 Å². The van der Waals surface area contributed by atoms with E-state index in [1.54, 1.807) is 6.20 Å². The number of rotatable bonds is 5. The smallest absolute Gasteiger partial charge is 0.257 e. The van der Waals surface area contributed by atoms with Crippen molar-refractivity contribution < 1.29 is 4.79 Å². The number of benzene rings is 1. The van der Waals surface area contributed by atoms with Gasteiger partial charge in [-0.15, -0.1) is 0 Å². The van der Waals surface area contributed by atoms with Crippen LogP contribution in [-0.4, -0.2) is 33.7 Å². The molecule has 2 heterocycles. The standard InChI is InChI=1S/C20H27N3O/c1-3-11-23-16(2)19(14-21-23)20(24)22-12-7-10-18(15-22)13-17-8-5-4-6-9-17/h4-6,8-9,14,18H,3,7,10-13,15H2,1-2H3/t18-/m0/s1. The Hall–Kier alpha value is -2.10. The predicted molar refractivity (Wildman–Crippen MR) is 96.0 cm³/mol. The fourth-order valence-electron chi connectivity index (χ4n) is 3.63. The van der Waals surface area contributed by atoms with Crippen molar-refractivity contribution in [2.75, 3.05) is 13.1 Å². The number of carbonyl (C=O) groups excluding carboxylic acids is 1. The van der Waals surface area contributed by atoms with E-state index in [-0.39, 0.29) is 5.91 Å². The van der Waals surface area contributed by atoms with Gasteiger partial charge in [0.05, 0.1) is 11.8 Å². The fraction of sp³-hybridized carbons (Fsp3) is 0.500. The summed E-state index contributed by atoms with van der Waals surface area (Å²) in [6.07, 6.45) is 6.12. The summed E-state index contributed by atoms with van der Waals surface area (Å²) in [5.74, 6) is 0.698. The zero-order chi connectivity index (χ0) is 16.9. The molecular formula is C20H27N3O. The lowest BCUT2D eigenvalue weighted by Gasteiger charge is -2.33. The van der Waals surface area contributed by atoms with Crippen molar-refractivity contribution in [3.8, 4) is 0 Å². The Balaban J connectivity index is 1.67. The number of likely N-dealkylation sites (tertiary alicyclic amines) is 1. The Morgan fingerprint density at radius 2 is 2.08 bits per heavy atom. The minimum absolute atomic E-state index is 0.146. The third-order valence-electron chi connectivity index (χ3n) is 4.94. The molecule has 1 aromatic carbocycles. The fourth-order valence-corrected chi connectivity index (χ4v) is 3.63. The molecule has 1 saturated heterocycles. The molecule has 0 aliphatic carbocycles. The van der Waals surface area contributed by atoms with Gasteiger partial charge in [0.15, 0.2) is 0 Å². The van der Waals surface area contributed by atoms with Crippen LogP contribution in [0.5, 0.6) is 0 Å². The van der Waals surface area contributed by atoms with Gasteiger partial charge in [-0.25, -0.2) is 0 Å². The van der Waals surface area contributed by atoms with Gasteiger partial charge in [0.25, 0.3) is 5.91 Å². The molecule has 0 N–H and O–H groups in total. The predicted octanol–water partition coefficient (Wildman–Crippen LogP) is 3.70. The van der Waals surface area contributed by atoms with Crippen LogP contribution in [-0.2, 0) is 13.0 Å². The van der Waals surface area contributed by atoms with Crippen molar-refractivity contribution >= 4 is 5.91 Å². The van der Waals surface area contributed by atoms with Crippen LogP contribution in [0.25, 0.3) is 0 Å². The van der Waals surface area contributed by atoms with Gasteiger partial charge < -0.3 is 4.90 Å². The Kier molecular flexibility index (Phi) is 5.34. The van der Waals surface area contributed by atoms with Crippen molar-refractivity contribution in [3.63, 3.8) is 0 Å². The normalized spacial score (nSPS) is 17.9. The van der Waals surface area contributed by atoms with Crippen molar-refractivity contribution in [3.05, 3.63) is 53.3 Å². The molecule has 4 nitrogen and oxygen atoms in total. The molecule has 3 rings (SSSR count). The summed E-state index contributed by atoms with van der Waals surface area (Å²) < 4.78 is 1.94. The van der Waals surface area contributed by atoms with E-state index in [0.29, 0.717) is 5.92 Å². The SMILES string of the molecule is CCCn1ncc(C(=O)N2CCC[C@@H](Cc3ccccc3)C2)c1C. The molecule has 2 aromatic rings. The number of piperidine rings is 1. The Morgan fingerprint density at radius 1 is 1.29 bits per heavy atom. The number of aryl methyl sites for hydroxylation is 1. The molecule has 0 bridgehead atoms. The second-order valence-electron chi connectivity index (χ2n) is 6.82. The van der Waals surface area contributed by atoms with Crippen LogP contribution >= 0.6 is 0 Å². The molecule has 0 radical (unpaired) electrons. The first kappa shape index (κ1) is 16.7. The number of hydrogen-bond donors (Lipinski definition) is 0. The van der Waals surface area contributed by atoms with E-state index < -0.39 is 0 Å². The number of amides is 1. The molecule has 0 saturated carbocycles. The Labute approximate surface area is 144 Å². The van der Waals surface area contributed by atoms with Crippen LogP contribution in [0.2, 0.25) is 0 Å². The van der Waals surface area contributed by atoms with Gasteiger partial charge >= 0.3 is 0 Å². The minimum Gasteiger partial charge on any atom is -0.338 e. The molecule has 1 atom stereocenters. The van der Waals surface area contributed by atoms with E-state index in [9.17, 15) is 4.79 Å². The van der Waals surface area contributed by atoms with E-state index in [4.69, 9.17) is 0 Å². The first-order valence-electron chi connectivity index (χ1n) is 9.04. The third-order valence-corrected chi connectivity index (χ3v) is 4.94. The quantitative estimate of drug-likeness (QED) is 0.841. The lowest BCUT2D eigenvalue weighted by atomic mass is 9.91. The van der Waals surface area contributed by atoms with Crippen LogP contribution < -0.4 is 0 Å². The zero-order valence-corrected chi connectivity index (χ0v) is 14.7. The monoisotopic (exact) mass is 325 g/mol. The summed E-state index contributed by atoms with van der Waals surface area (Å²) in [5, 5.41) is 4.38. The van der Waals surface area contributed by atoms with Gasteiger partial charge in [0.2, 0.25) is 0 Å². The summed E-state index contributed by atoms with van der Waals surface area (Å²) in [4.78, 5) is 14.9. The van der Waals surface area contributed by atoms with Gasteiger partial charge in [-0.05, 0) is 44.1 Å². The maximum atomic E-state index is 12.9. The number of nitrogens with zero attached hydrogens (tertiary/aromatic N) is 3. The van der Waals surface area contributed by atoms with E-state index in [1.165, 1.54) is 12.0 Å². The second kappa shape index (κ2) is 7.65. The number of hydrogen-bond acceptors (Lipinski definition) is 2. The van der Waals surface area contributed by atoms with Crippen LogP contribution in [0.4, 0.5) is 0 Å². The van der Waals surface area contributed by atoms with Gasteiger partial charge in [-0.3, -0.25) is 9.48 Å². The highest BCUT2D eigenvalue weighted by Crippen LogP contribution is 2.23. The van der Waals surface area contributed by atoms with Gasteiger partial charge in [-0.2, -0.15) is 5.10 Å². The topological polar surface area (TPSA) is 38.1 Å². The van der Waals surface area contributed by atoms with Gasteiger partial charge in [-0.1, -0.05) is 37.3 Å². The summed E-state index contributed by atoms with van der Waals surface area (Å²) in [6, 6.07) is 10.6. The summed E-state index contributed by atoms with van der Waals surface area (Å²) in [7, 11) is 0. The zero-order valence-electron chi connectivity index (χ0n) is 14.7. The molecule has 1 aliphatic heterocycles. The maximum Gasteiger partial charge on any atom is 0.257 e. The molecule has 1 aliphatic rings. The van der Waals surface area contributed by atoms with E-state index in [0.717, 1.165) is 50.2 Å². The highest BCUT2D eigenvalue weighted by molar-refractivity contribution is 5.95. The summed E-state index contributed by atoms with van der Waals surface area (Å²) >= 11 is 0. The van der Waals surface area contributed by atoms with Crippen LogP contribution in [0.1, 0.15) is 47.8 Å². The highest BCUT2D eigenvalue weighted by atomic mass is 16.2. The van der Waals surface area contributed by atoms with Gasteiger partial charge in [0, 0.05) is 25.3 Å². The minimum atomic E-state index is 0.146. The molecule has 0 unspecified atom stereocenters. The first-order chi connectivity index (χ1) is 11.7. The first-order valence-corrected chi connectivity index (χ1v) is 9.04. The van der Waals surface area contributed by atoms with Crippen molar-refractivity contribution in [2.24, 2.45) is 5.92 Å². The lowest BCUT2D eigenvalue weighted by Crippen LogP contribution is -2.40. The maximum absolute atomic E-state index is 12.9. The van der Waals surface area contributed by atoms with E-state index >= 15 is 0 Å². The average Bonchev–Trinajstić information content (AvgIpc) is 2.97. The molecule has 128 valence electrons. The third kappa shape index (κ3) is 3.69. The Morgan fingerprint density at radius 3 is 2.83 bits per heavy atom.